The van der Waals surface area contributed by atoms with Gasteiger partial charge >= 0.3 is 5.97 Å². The lowest BCUT2D eigenvalue weighted by molar-refractivity contribution is -0.132. The lowest BCUT2D eigenvalue weighted by Gasteiger charge is -1.88. The van der Waals surface area contributed by atoms with Gasteiger partial charge in [-0.2, -0.15) is 0 Å². The van der Waals surface area contributed by atoms with Crippen LogP contribution in [0.25, 0.3) is 0 Å². The zero-order valence-corrected chi connectivity index (χ0v) is 5.57. The van der Waals surface area contributed by atoms with Crippen LogP contribution in [0.15, 0.2) is 11.6 Å². The molecule has 0 atom stereocenters. The number of carboxylic acids is 1. The van der Waals surface area contributed by atoms with Crippen LogP contribution in [0.1, 0.15) is 0 Å². The lowest BCUT2D eigenvalue weighted by atomic mass is 10.3. The van der Waals surface area contributed by atoms with Crippen molar-refractivity contribution in [1.82, 2.24) is 5.32 Å². The minimum atomic E-state index is -0.810. The number of rotatable bonds is 1. The molecule has 0 amide bonds. The maximum atomic E-state index is 10.1. The van der Waals surface area contributed by atoms with Gasteiger partial charge in [-0.05, 0) is 0 Å². The Bertz CT molecular complexity index is 144. The molecular formula is C5H8ClNO2. The Balaban J connectivity index is 0.000000640. The fraction of sp³-hybridized carbons (Fsp3) is 0.400. The fourth-order valence-corrected chi connectivity index (χ4v) is 0.637. The first-order valence-electron chi connectivity index (χ1n) is 2.44. The number of halogens is 1. The molecule has 0 aromatic rings. The summed E-state index contributed by atoms with van der Waals surface area (Å²) in [6, 6.07) is 0. The highest BCUT2D eigenvalue weighted by Gasteiger charge is 2.09. The summed E-state index contributed by atoms with van der Waals surface area (Å²) in [5, 5.41) is 11.2. The zero-order chi connectivity index (χ0) is 5.98. The predicted molar refractivity (Wildman–Crippen MR) is 35.8 cm³/mol. The highest BCUT2D eigenvalue weighted by molar-refractivity contribution is 5.87. The molecule has 0 fully saturated rings. The van der Waals surface area contributed by atoms with Gasteiger partial charge in [0.05, 0.1) is 0 Å². The van der Waals surface area contributed by atoms with Crippen LogP contribution in [0, 0.1) is 0 Å². The molecule has 0 radical (unpaired) electrons. The fourth-order valence-electron chi connectivity index (χ4n) is 0.637. The Morgan fingerprint density at radius 2 is 2.44 bits per heavy atom. The average molecular weight is 150 g/mol. The van der Waals surface area contributed by atoms with E-state index in [0.717, 1.165) is 0 Å². The minimum Gasteiger partial charge on any atom is -0.478 e. The van der Waals surface area contributed by atoms with E-state index in [9.17, 15) is 4.79 Å². The molecule has 3 nitrogen and oxygen atoms in total. The van der Waals surface area contributed by atoms with E-state index in [2.05, 4.69) is 5.32 Å². The number of hydrogen-bond donors (Lipinski definition) is 2. The third kappa shape index (κ3) is 2.03. The average Bonchev–Trinajstić information content (AvgIpc) is 2.12. The first-order chi connectivity index (χ1) is 3.80. The van der Waals surface area contributed by atoms with Crippen molar-refractivity contribution in [3.63, 3.8) is 0 Å². The summed E-state index contributed by atoms with van der Waals surface area (Å²) in [5.41, 5.74) is 0.477. The van der Waals surface area contributed by atoms with Gasteiger partial charge in [-0.15, -0.1) is 12.4 Å². The van der Waals surface area contributed by atoms with Crippen molar-refractivity contribution in [3.05, 3.63) is 11.6 Å². The molecule has 1 rings (SSSR count). The van der Waals surface area contributed by atoms with Crippen LogP contribution in [0.2, 0.25) is 0 Å². The van der Waals surface area contributed by atoms with E-state index in [0.29, 0.717) is 18.7 Å². The first-order valence-corrected chi connectivity index (χ1v) is 2.44. The van der Waals surface area contributed by atoms with Crippen LogP contribution in [-0.2, 0) is 4.79 Å². The van der Waals surface area contributed by atoms with Crippen molar-refractivity contribution in [3.8, 4) is 0 Å². The summed E-state index contributed by atoms with van der Waals surface area (Å²) in [5.74, 6) is -0.810. The number of carbonyl (C=O) groups is 1. The van der Waals surface area contributed by atoms with Crippen molar-refractivity contribution < 1.29 is 9.90 Å². The minimum absolute atomic E-state index is 0. The van der Waals surface area contributed by atoms with Gasteiger partial charge in [0.2, 0.25) is 0 Å². The van der Waals surface area contributed by atoms with Gasteiger partial charge in [0.1, 0.15) is 0 Å². The van der Waals surface area contributed by atoms with Crippen molar-refractivity contribution in [2.45, 2.75) is 0 Å². The highest BCUT2D eigenvalue weighted by Crippen LogP contribution is 1.96. The third-order valence-corrected chi connectivity index (χ3v) is 1.08. The van der Waals surface area contributed by atoms with E-state index < -0.39 is 5.97 Å². The molecule has 0 spiro atoms. The topological polar surface area (TPSA) is 49.3 Å². The third-order valence-electron chi connectivity index (χ3n) is 1.08. The quantitative estimate of drug-likeness (QED) is 0.553. The zero-order valence-electron chi connectivity index (χ0n) is 4.76. The second kappa shape index (κ2) is 3.48. The van der Waals surface area contributed by atoms with E-state index >= 15 is 0 Å². The van der Waals surface area contributed by atoms with Gasteiger partial charge in [-0.25, -0.2) is 4.79 Å². The van der Waals surface area contributed by atoms with Gasteiger partial charge in [-0.1, -0.05) is 6.08 Å². The molecule has 0 saturated carbocycles. The molecule has 0 bridgehead atoms. The molecule has 52 valence electrons. The molecular weight excluding hydrogens is 142 g/mol. The van der Waals surface area contributed by atoms with E-state index in [-0.39, 0.29) is 12.4 Å². The highest BCUT2D eigenvalue weighted by atomic mass is 35.5. The molecule has 0 aliphatic carbocycles. The molecule has 1 heterocycles. The molecule has 4 heteroatoms. The van der Waals surface area contributed by atoms with Crippen LogP contribution in [-0.4, -0.2) is 24.2 Å². The normalized spacial score (nSPS) is 16.2. The molecule has 1 aliphatic rings. The summed E-state index contributed by atoms with van der Waals surface area (Å²) in [7, 11) is 0. The molecule has 0 saturated heterocycles. The second-order valence-electron chi connectivity index (χ2n) is 1.67. The Morgan fingerprint density at radius 3 is 2.67 bits per heavy atom. The summed E-state index contributed by atoms with van der Waals surface area (Å²) < 4.78 is 0. The Hall–Kier alpha value is -0.540. The van der Waals surface area contributed by atoms with Gasteiger partial charge in [0.25, 0.3) is 0 Å². The van der Waals surface area contributed by atoms with Gasteiger partial charge in [0, 0.05) is 18.7 Å². The van der Waals surface area contributed by atoms with Crippen LogP contribution in [0.5, 0.6) is 0 Å². The van der Waals surface area contributed by atoms with E-state index in [4.69, 9.17) is 5.11 Å². The van der Waals surface area contributed by atoms with Crippen LogP contribution in [0.3, 0.4) is 0 Å². The van der Waals surface area contributed by atoms with Crippen molar-refractivity contribution in [2.24, 2.45) is 0 Å². The molecule has 0 unspecified atom stereocenters. The number of carboxylic acid groups (broad SMARTS) is 1. The Morgan fingerprint density at radius 1 is 1.78 bits per heavy atom. The summed E-state index contributed by atoms with van der Waals surface area (Å²) in [6.07, 6.45) is 1.68. The number of aliphatic carboxylic acids is 1. The van der Waals surface area contributed by atoms with Crippen molar-refractivity contribution in [2.75, 3.05) is 13.1 Å². The SMILES string of the molecule is Cl.O=C(O)C1=CCNC1. The molecule has 2 N–H and O–H groups in total. The largest absolute Gasteiger partial charge is 0.478 e. The van der Waals surface area contributed by atoms with Crippen LogP contribution >= 0.6 is 12.4 Å². The number of hydrogen-bond acceptors (Lipinski definition) is 2. The summed E-state index contributed by atoms with van der Waals surface area (Å²) in [6.45, 7) is 1.21. The first kappa shape index (κ1) is 8.46. The van der Waals surface area contributed by atoms with Crippen LogP contribution < -0.4 is 5.32 Å². The van der Waals surface area contributed by atoms with Gasteiger partial charge in [-0.3, -0.25) is 0 Å². The maximum Gasteiger partial charge on any atom is 0.332 e. The van der Waals surface area contributed by atoms with Crippen LogP contribution in [0.4, 0.5) is 0 Å². The van der Waals surface area contributed by atoms with Gasteiger partial charge < -0.3 is 10.4 Å². The van der Waals surface area contributed by atoms with Gasteiger partial charge in [0.15, 0.2) is 0 Å². The monoisotopic (exact) mass is 149 g/mol. The predicted octanol–water partition coefficient (Wildman–Crippen LogP) is 0.0224. The Labute approximate surface area is 59.2 Å². The standard InChI is InChI=1S/C5H7NO2.ClH/c7-5(8)4-1-2-6-3-4;/h1,6H,2-3H2,(H,7,8);1H. The smallest absolute Gasteiger partial charge is 0.332 e. The molecule has 9 heavy (non-hydrogen) atoms. The molecule has 1 aliphatic heterocycles. The van der Waals surface area contributed by atoms with E-state index in [1.807, 2.05) is 0 Å². The summed E-state index contributed by atoms with van der Waals surface area (Å²) >= 11 is 0. The van der Waals surface area contributed by atoms with Crippen molar-refractivity contribution in [1.29, 1.82) is 0 Å². The maximum absolute atomic E-state index is 10.1. The van der Waals surface area contributed by atoms with E-state index in [1.54, 1.807) is 6.08 Å². The van der Waals surface area contributed by atoms with Crippen molar-refractivity contribution >= 4 is 18.4 Å². The molecule has 0 aromatic heterocycles. The molecule has 0 aromatic carbocycles. The second-order valence-corrected chi connectivity index (χ2v) is 1.67. The Kier molecular flexibility index (Phi) is 3.27. The summed E-state index contributed by atoms with van der Waals surface area (Å²) in [4.78, 5) is 10.1. The number of nitrogens with one attached hydrogen (secondary N) is 1. The van der Waals surface area contributed by atoms with E-state index in [1.165, 1.54) is 0 Å². The lowest BCUT2D eigenvalue weighted by Crippen LogP contribution is -2.11.